The zero-order valence-electron chi connectivity index (χ0n) is 24.3. The molecule has 3 aliphatic rings. The van der Waals surface area contributed by atoms with Crippen molar-refractivity contribution in [2.45, 2.75) is 99.0 Å². The first kappa shape index (κ1) is 35.0. The van der Waals surface area contributed by atoms with Gasteiger partial charge in [0.15, 0.2) is 12.6 Å². The summed E-state index contributed by atoms with van der Waals surface area (Å²) in [6.45, 7) is -0.660. The van der Waals surface area contributed by atoms with Crippen LogP contribution >= 0.6 is 0 Å². The molecular formula is C28H38O18. The van der Waals surface area contributed by atoms with Gasteiger partial charge in [-0.05, 0) is 24.6 Å². The second-order valence-electron chi connectivity index (χ2n) is 11.3. The summed E-state index contributed by atoms with van der Waals surface area (Å²) in [5.74, 6) is 0.0787. The van der Waals surface area contributed by atoms with Crippen molar-refractivity contribution in [3.05, 3.63) is 40.2 Å². The SMILES string of the molecule is Cc1cc(=O)oc2cc(O[C@@H]3O[C@H](CO)[C@@H](O)[C@H](O[C@@H]4O[C@H](CO)[C@@H](O[C@H]5O[C@@H](CO)[C@H](O)[C@@H](O)[C@@H]5O)[C@H](O)[C@H]4O)[C@H]3O)ccc12. The van der Waals surface area contributed by atoms with Crippen LogP contribution in [0.5, 0.6) is 5.75 Å². The Morgan fingerprint density at radius 1 is 0.630 bits per heavy atom. The smallest absolute Gasteiger partial charge is 0.336 e. The van der Waals surface area contributed by atoms with Gasteiger partial charge in [0, 0.05) is 17.5 Å². The van der Waals surface area contributed by atoms with Crippen molar-refractivity contribution in [2.24, 2.45) is 0 Å². The van der Waals surface area contributed by atoms with Gasteiger partial charge in [-0.15, -0.1) is 0 Å². The van der Waals surface area contributed by atoms with Crippen molar-refractivity contribution < 1.29 is 83.9 Å². The highest BCUT2D eigenvalue weighted by molar-refractivity contribution is 5.81. The zero-order valence-corrected chi connectivity index (χ0v) is 24.3. The molecule has 3 aliphatic heterocycles. The number of benzene rings is 1. The van der Waals surface area contributed by atoms with Crippen LogP contribution in [0.2, 0.25) is 0 Å². The van der Waals surface area contributed by atoms with Crippen LogP contribution in [0.15, 0.2) is 33.5 Å². The summed E-state index contributed by atoms with van der Waals surface area (Å²) in [7, 11) is 0. The number of hydrogen-bond acceptors (Lipinski definition) is 18. The number of rotatable bonds is 9. The van der Waals surface area contributed by atoms with E-state index in [2.05, 4.69) is 0 Å². The third-order valence-corrected chi connectivity index (χ3v) is 8.25. The summed E-state index contributed by atoms with van der Waals surface area (Å²) in [6, 6.07) is 5.80. The molecular weight excluding hydrogens is 624 g/mol. The van der Waals surface area contributed by atoms with E-state index in [-0.39, 0.29) is 11.3 Å². The minimum Gasteiger partial charge on any atom is -0.462 e. The summed E-state index contributed by atoms with van der Waals surface area (Å²) in [5.41, 5.74) is 0.241. The molecule has 10 N–H and O–H groups in total. The van der Waals surface area contributed by atoms with Crippen molar-refractivity contribution in [1.29, 1.82) is 0 Å². The van der Waals surface area contributed by atoms with Gasteiger partial charge >= 0.3 is 5.63 Å². The highest BCUT2D eigenvalue weighted by Crippen LogP contribution is 2.33. The number of aliphatic hydroxyl groups excluding tert-OH is 10. The molecule has 15 atom stereocenters. The Morgan fingerprint density at radius 2 is 1.20 bits per heavy atom. The molecule has 3 saturated heterocycles. The van der Waals surface area contributed by atoms with E-state index in [1.807, 2.05) is 0 Å². The first-order valence-corrected chi connectivity index (χ1v) is 14.5. The largest absolute Gasteiger partial charge is 0.462 e. The molecule has 4 heterocycles. The number of fused-ring (bicyclic) bond motifs is 1. The highest BCUT2D eigenvalue weighted by atomic mass is 16.8. The lowest BCUT2D eigenvalue weighted by Crippen LogP contribution is -2.67. The lowest BCUT2D eigenvalue weighted by molar-refractivity contribution is -0.376. The summed E-state index contributed by atoms with van der Waals surface area (Å²) in [5, 5.41) is 104. The fourth-order valence-corrected chi connectivity index (χ4v) is 5.65. The Labute approximate surface area is 260 Å². The van der Waals surface area contributed by atoms with Crippen molar-refractivity contribution in [2.75, 3.05) is 19.8 Å². The third-order valence-electron chi connectivity index (χ3n) is 8.25. The van der Waals surface area contributed by atoms with Gasteiger partial charge in [0.1, 0.15) is 84.6 Å². The molecule has 3 fully saturated rings. The molecule has 1 aromatic carbocycles. The minimum atomic E-state index is -1.97. The van der Waals surface area contributed by atoms with Crippen molar-refractivity contribution in [3.63, 3.8) is 0 Å². The van der Waals surface area contributed by atoms with E-state index < -0.39 is 118 Å². The summed E-state index contributed by atoms with van der Waals surface area (Å²) < 4.78 is 38.5. The summed E-state index contributed by atoms with van der Waals surface area (Å²) in [4.78, 5) is 11.8. The number of hydrogen-bond donors (Lipinski definition) is 10. The third kappa shape index (κ3) is 6.79. The van der Waals surface area contributed by atoms with E-state index >= 15 is 0 Å². The van der Waals surface area contributed by atoms with E-state index in [9.17, 15) is 55.9 Å². The molecule has 0 unspecified atom stereocenters. The maximum absolute atomic E-state index is 11.8. The predicted molar refractivity (Wildman–Crippen MR) is 147 cm³/mol. The Kier molecular flexibility index (Phi) is 10.9. The van der Waals surface area contributed by atoms with Crippen molar-refractivity contribution in [3.8, 4) is 5.75 Å². The second kappa shape index (κ2) is 14.4. The molecule has 2 aromatic rings. The Morgan fingerprint density at radius 3 is 1.85 bits per heavy atom. The van der Waals surface area contributed by atoms with Gasteiger partial charge in [-0.3, -0.25) is 0 Å². The van der Waals surface area contributed by atoms with Gasteiger partial charge in [-0.2, -0.15) is 0 Å². The van der Waals surface area contributed by atoms with E-state index in [0.717, 1.165) is 0 Å². The first-order valence-electron chi connectivity index (χ1n) is 14.5. The van der Waals surface area contributed by atoms with Crippen LogP contribution in [-0.2, 0) is 23.7 Å². The molecule has 46 heavy (non-hydrogen) atoms. The van der Waals surface area contributed by atoms with Gasteiger partial charge < -0.3 is 83.9 Å². The Hall–Kier alpha value is -2.37. The molecule has 0 amide bonds. The second-order valence-corrected chi connectivity index (χ2v) is 11.3. The Bertz CT molecular complexity index is 1370. The van der Waals surface area contributed by atoms with E-state index in [1.54, 1.807) is 13.0 Å². The van der Waals surface area contributed by atoms with Crippen LogP contribution < -0.4 is 10.4 Å². The number of ether oxygens (including phenoxy) is 6. The molecule has 0 spiro atoms. The van der Waals surface area contributed by atoms with Gasteiger partial charge in [-0.1, -0.05) is 0 Å². The van der Waals surface area contributed by atoms with Crippen LogP contribution in [-0.4, -0.2) is 163 Å². The topological polar surface area (TPSA) is 288 Å². The van der Waals surface area contributed by atoms with Crippen LogP contribution in [0.1, 0.15) is 5.56 Å². The average molecular weight is 663 g/mol. The van der Waals surface area contributed by atoms with Crippen LogP contribution in [0.3, 0.4) is 0 Å². The van der Waals surface area contributed by atoms with Crippen LogP contribution in [0.4, 0.5) is 0 Å². The van der Waals surface area contributed by atoms with Crippen LogP contribution in [0, 0.1) is 6.92 Å². The van der Waals surface area contributed by atoms with E-state index in [0.29, 0.717) is 10.9 Å². The highest BCUT2D eigenvalue weighted by Gasteiger charge is 2.53. The molecule has 18 nitrogen and oxygen atoms in total. The molecule has 5 rings (SSSR count). The van der Waals surface area contributed by atoms with Crippen LogP contribution in [0.25, 0.3) is 11.0 Å². The maximum Gasteiger partial charge on any atom is 0.336 e. The maximum atomic E-state index is 11.8. The van der Waals surface area contributed by atoms with Crippen molar-refractivity contribution in [1.82, 2.24) is 0 Å². The molecule has 0 aliphatic carbocycles. The van der Waals surface area contributed by atoms with Gasteiger partial charge in [0.2, 0.25) is 6.29 Å². The van der Waals surface area contributed by atoms with Crippen molar-refractivity contribution >= 4 is 11.0 Å². The molecule has 0 radical (unpaired) electrons. The number of aliphatic hydroxyl groups is 10. The quantitative estimate of drug-likeness (QED) is 0.112. The molecule has 0 bridgehead atoms. The average Bonchev–Trinajstić information content (AvgIpc) is 3.03. The lowest BCUT2D eigenvalue weighted by atomic mass is 9.96. The van der Waals surface area contributed by atoms with E-state index in [1.165, 1.54) is 18.2 Å². The summed E-state index contributed by atoms with van der Waals surface area (Å²) >= 11 is 0. The lowest BCUT2D eigenvalue weighted by Gasteiger charge is -2.48. The number of aryl methyl sites for hydroxylation is 1. The normalized spacial score (nSPS) is 41.8. The molecule has 258 valence electrons. The first-order chi connectivity index (χ1) is 21.9. The van der Waals surface area contributed by atoms with Gasteiger partial charge in [0.05, 0.1) is 19.8 Å². The molecule has 0 saturated carbocycles. The standard InChI is InChI=1S/C28H38O18/c1-9-4-16(32)41-12-5-10(2-3-11(9)12)40-28-23(39)25(18(34)14(7-30)43-28)46-27-22(38)20(36)24(15(8-31)44-27)45-26-21(37)19(35)17(33)13(6-29)42-26/h2-5,13-15,17-31,33-39H,6-8H2,1H3/t13-,14+,15+,17-,18+,19+,20+,21-,22+,23+,24+,25-,26+,27-,28+/m0/s1. The minimum absolute atomic E-state index is 0.0787. The zero-order chi connectivity index (χ0) is 33.4. The Balaban J connectivity index is 1.31. The van der Waals surface area contributed by atoms with E-state index in [4.69, 9.17) is 32.8 Å². The monoisotopic (exact) mass is 662 g/mol. The fraction of sp³-hybridized carbons (Fsp3) is 0.679. The van der Waals surface area contributed by atoms with Gasteiger partial charge in [-0.25, -0.2) is 4.79 Å². The van der Waals surface area contributed by atoms with Gasteiger partial charge in [0.25, 0.3) is 0 Å². The fourth-order valence-electron chi connectivity index (χ4n) is 5.65. The molecule has 1 aromatic heterocycles. The predicted octanol–water partition coefficient (Wildman–Crippen LogP) is -5.07. The molecule has 18 heteroatoms. The summed E-state index contributed by atoms with van der Waals surface area (Å²) in [6.07, 6.45) is -25.4.